The van der Waals surface area contributed by atoms with Gasteiger partial charge in [0.2, 0.25) is 0 Å². The lowest BCUT2D eigenvalue weighted by Gasteiger charge is -2.14. The molecule has 3 nitrogen and oxygen atoms in total. The van der Waals surface area contributed by atoms with Crippen molar-refractivity contribution in [2.45, 2.75) is 0 Å². The normalized spacial score (nSPS) is 11.6. The first-order valence-corrected chi connectivity index (χ1v) is 19.7. The van der Waals surface area contributed by atoms with Crippen LogP contribution in [0.15, 0.2) is 200 Å². The Morgan fingerprint density at radius 3 is 1.77 bits per heavy atom. The highest BCUT2D eigenvalue weighted by Gasteiger charge is 2.18. The van der Waals surface area contributed by atoms with E-state index in [4.69, 9.17) is 9.97 Å². The quantitative estimate of drug-likeness (QED) is 0.170. The van der Waals surface area contributed by atoms with Gasteiger partial charge in [0.25, 0.3) is 0 Å². The molecule has 3 aromatic heterocycles. The lowest BCUT2D eigenvalue weighted by Crippen LogP contribution is -1.96. The minimum absolute atomic E-state index is 0.704. The lowest BCUT2D eigenvalue weighted by atomic mass is 9.93. The van der Waals surface area contributed by atoms with Crippen LogP contribution >= 0.6 is 11.3 Å². The Balaban J connectivity index is 1.17. The molecule has 0 unspecified atom stereocenters. The first-order valence-electron chi connectivity index (χ1n) is 18.9. The van der Waals surface area contributed by atoms with E-state index in [0.717, 1.165) is 50.5 Å². The summed E-state index contributed by atoms with van der Waals surface area (Å²) in [5, 5.41) is 5.03. The fourth-order valence-corrected chi connectivity index (χ4v) is 9.39. The summed E-state index contributed by atoms with van der Waals surface area (Å²) in [7, 11) is 0. The molecule has 0 atom stereocenters. The fourth-order valence-electron chi connectivity index (χ4n) is 8.15. The molecule has 0 aliphatic heterocycles. The maximum Gasteiger partial charge on any atom is 0.160 e. The molecule has 0 saturated heterocycles. The Morgan fingerprint density at radius 1 is 0.357 bits per heavy atom. The first kappa shape index (κ1) is 32.3. The van der Waals surface area contributed by atoms with Gasteiger partial charge in [-0.25, -0.2) is 9.97 Å². The second-order valence-corrected chi connectivity index (χ2v) is 15.2. The highest BCUT2D eigenvalue weighted by molar-refractivity contribution is 7.26. The van der Waals surface area contributed by atoms with Gasteiger partial charge in [-0.15, -0.1) is 11.3 Å². The van der Waals surface area contributed by atoms with Crippen molar-refractivity contribution in [1.29, 1.82) is 0 Å². The van der Waals surface area contributed by atoms with Crippen molar-refractivity contribution in [3.63, 3.8) is 0 Å². The van der Waals surface area contributed by atoms with Gasteiger partial charge in [0.05, 0.1) is 22.4 Å². The van der Waals surface area contributed by atoms with E-state index < -0.39 is 0 Å². The van der Waals surface area contributed by atoms with Crippen molar-refractivity contribution >= 4 is 53.3 Å². The van der Waals surface area contributed by atoms with E-state index in [2.05, 4.69) is 180 Å². The molecule has 11 aromatic rings. The summed E-state index contributed by atoms with van der Waals surface area (Å²) < 4.78 is 4.95. The Labute approximate surface area is 328 Å². The molecule has 0 spiro atoms. The highest BCUT2D eigenvalue weighted by atomic mass is 32.1. The monoisotopic (exact) mass is 731 g/mol. The van der Waals surface area contributed by atoms with Crippen LogP contribution in [0.3, 0.4) is 0 Å². The van der Waals surface area contributed by atoms with E-state index >= 15 is 0 Å². The summed E-state index contributed by atoms with van der Waals surface area (Å²) >= 11 is 1.86. The van der Waals surface area contributed by atoms with E-state index in [1.165, 1.54) is 47.5 Å². The van der Waals surface area contributed by atoms with E-state index in [0.29, 0.717) is 5.82 Å². The Morgan fingerprint density at radius 2 is 0.964 bits per heavy atom. The number of hydrogen-bond acceptors (Lipinski definition) is 3. The van der Waals surface area contributed by atoms with Crippen LogP contribution in [0.5, 0.6) is 0 Å². The third kappa shape index (κ3) is 5.50. The van der Waals surface area contributed by atoms with Gasteiger partial charge in [0.1, 0.15) is 0 Å². The van der Waals surface area contributed by atoms with Gasteiger partial charge < -0.3 is 4.57 Å². The summed E-state index contributed by atoms with van der Waals surface area (Å²) in [6, 6.07) is 71.5. The van der Waals surface area contributed by atoms with Crippen molar-refractivity contribution in [3.8, 4) is 61.8 Å². The van der Waals surface area contributed by atoms with Gasteiger partial charge >= 0.3 is 0 Å². The molecule has 0 aliphatic rings. The van der Waals surface area contributed by atoms with Crippen LogP contribution in [0.25, 0.3) is 104 Å². The van der Waals surface area contributed by atoms with Crippen molar-refractivity contribution in [3.05, 3.63) is 200 Å². The summed E-state index contributed by atoms with van der Waals surface area (Å²) in [4.78, 5) is 10.4. The number of aromatic nitrogens is 3. The van der Waals surface area contributed by atoms with Crippen molar-refractivity contribution < 1.29 is 0 Å². The number of thiophene rings is 1. The topological polar surface area (TPSA) is 30.7 Å². The molecule has 11 rings (SSSR count). The van der Waals surface area contributed by atoms with Crippen molar-refractivity contribution in [2.24, 2.45) is 0 Å². The van der Waals surface area contributed by atoms with Crippen LogP contribution in [0, 0.1) is 0 Å². The number of fused-ring (bicyclic) bond motifs is 6. The molecule has 262 valence electrons. The smallest absolute Gasteiger partial charge is 0.160 e. The number of para-hydroxylation sites is 2. The van der Waals surface area contributed by atoms with E-state index in [-0.39, 0.29) is 0 Å². The van der Waals surface area contributed by atoms with Gasteiger partial charge in [-0.05, 0) is 82.9 Å². The number of rotatable bonds is 6. The fraction of sp³-hybridized carbons (Fsp3) is 0. The van der Waals surface area contributed by atoms with Crippen LogP contribution in [-0.2, 0) is 0 Å². The average Bonchev–Trinajstić information content (AvgIpc) is 3.83. The first-order chi connectivity index (χ1) is 27.7. The molecule has 8 aromatic carbocycles. The molecule has 56 heavy (non-hydrogen) atoms. The molecular weight excluding hydrogens is 699 g/mol. The Kier molecular flexibility index (Phi) is 7.68. The third-order valence-corrected chi connectivity index (χ3v) is 12.0. The Hall–Kier alpha value is -7.14. The van der Waals surface area contributed by atoms with E-state index in [9.17, 15) is 0 Å². The predicted octanol–water partition coefficient (Wildman–Crippen LogP) is 14.3. The molecule has 0 saturated carbocycles. The molecule has 0 fully saturated rings. The molecule has 4 heteroatoms. The standard InChI is InChI=1S/C52H33N3S/c1-4-15-34(16-5-1)46-33-47(54-52(53-46)35-17-6-2-7-18-35)39-30-37(29-38(31-39)41-23-14-24-44-43-22-11-13-26-50(43)56-51(41)44)36-27-28-49-45(32-36)42-21-10-12-25-48(42)55(49)40-19-8-3-9-20-40/h1-33H. The predicted molar refractivity (Wildman–Crippen MR) is 236 cm³/mol. The summed E-state index contributed by atoms with van der Waals surface area (Å²) in [5.74, 6) is 0.704. The molecule has 3 heterocycles. The van der Waals surface area contributed by atoms with Crippen LogP contribution in [0.2, 0.25) is 0 Å². The second kappa shape index (κ2) is 13.3. The summed E-state index contributed by atoms with van der Waals surface area (Å²) in [5.41, 5.74) is 13.0. The van der Waals surface area contributed by atoms with E-state index in [1.807, 2.05) is 35.6 Å². The number of hydrogen-bond donors (Lipinski definition) is 0. The van der Waals surface area contributed by atoms with Crippen LogP contribution < -0.4 is 0 Å². The van der Waals surface area contributed by atoms with Crippen molar-refractivity contribution in [1.82, 2.24) is 14.5 Å². The average molecular weight is 732 g/mol. The maximum atomic E-state index is 5.28. The molecule has 0 amide bonds. The highest BCUT2D eigenvalue weighted by Crippen LogP contribution is 2.43. The molecule has 0 radical (unpaired) electrons. The molecule has 0 bridgehead atoms. The van der Waals surface area contributed by atoms with E-state index in [1.54, 1.807) is 0 Å². The third-order valence-electron chi connectivity index (χ3n) is 10.8. The molecule has 0 aliphatic carbocycles. The zero-order chi connectivity index (χ0) is 37.0. The number of nitrogens with zero attached hydrogens (tertiary/aromatic N) is 3. The SMILES string of the molecule is c1ccc(-c2cc(-c3cc(-c4ccc5c(c4)c4ccccc4n5-c4ccccc4)cc(-c4cccc5c4sc4ccccc45)c3)nc(-c3ccccc3)n2)cc1. The van der Waals surface area contributed by atoms with Gasteiger partial charge in [-0.2, -0.15) is 0 Å². The summed E-state index contributed by atoms with van der Waals surface area (Å²) in [6.07, 6.45) is 0. The lowest BCUT2D eigenvalue weighted by molar-refractivity contribution is 1.18. The Bertz CT molecular complexity index is 3180. The molecular formula is C52H33N3S. The van der Waals surface area contributed by atoms with Gasteiger partial charge in [0, 0.05) is 53.3 Å². The second-order valence-electron chi connectivity index (χ2n) is 14.2. The number of benzene rings is 8. The molecule has 0 N–H and O–H groups in total. The van der Waals surface area contributed by atoms with Gasteiger partial charge in [-0.1, -0.05) is 140 Å². The zero-order valence-corrected chi connectivity index (χ0v) is 31.1. The van der Waals surface area contributed by atoms with Crippen molar-refractivity contribution in [2.75, 3.05) is 0 Å². The maximum absolute atomic E-state index is 5.28. The minimum Gasteiger partial charge on any atom is -0.309 e. The van der Waals surface area contributed by atoms with Crippen LogP contribution in [-0.4, -0.2) is 14.5 Å². The largest absolute Gasteiger partial charge is 0.309 e. The van der Waals surface area contributed by atoms with Gasteiger partial charge in [0.15, 0.2) is 5.82 Å². The summed E-state index contributed by atoms with van der Waals surface area (Å²) in [6.45, 7) is 0. The van der Waals surface area contributed by atoms with Crippen LogP contribution in [0.4, 0.5) is 0 Å². The minimum atomic E-state index is 0.704. The van der Waals surface area contributed by atoms with Gasteiger partial charge in [-0.3, -0.25) is 0 Å². The van der Waals surface area contributed by atoms with Crippen LogP contribution in [0.1, 0.15) is 0 Å². The zero-order valence-electron chi connectivity index (χ0n) is 30.3.